The SMILES string of the molecule is Cc1ccccc1CN1CCN(C(=O)/C=C/c2cn(C)c(=O)n(C)c2=O)CC1. The normalized spacial score (nSPS) is 15.3. The monoisotopic (exact) mass is 382 g/mol. The standard InChI is InChI=1S/C21H26N4O3/c1-16-6-4-5-7-17(16)15-24-10-12-25(13-11-24)19(26)9-8-18-14-22(2)21(28)23(3)20(18)27/h4-9,14H,10-13,15H2,1-3H3/b9-8+. The first-order valence-electron chi connectivity index (χ1n) is 9.37. The number of rotatable bonds is 4. The summed E-state index contributed by atoms with van der Waals surface area (Å²) >= 11 is 0. The van der Waals surface area contributed by atoms with Crippen molar-refractivity contribution in [1.82, 2.24) is 18.9 Å². The minimum atomic E-state index is -0.407. The Morgan fingerprint density at radius 1 is 1.07 bits per heavy atom. The zero-order valence-corrected chi connectivity index (χ0v) is 16.6. The van der Waals surface area contributed by atoms with Crippen LogP contribution in [0.2, 0.25) is 0 Å². The van der Waals surface area contributed by atoms with Gasteiger partial charge in [-0.15, -0.1) is 0 Å². The van der Waals surface area contributed by atoms with Crippen LogP contribution < -0.4 is 11.2 Å². The summed E-state index contributed by atoms with van der Waals surface area (Å²) in [4.78, 5) is 40.5. The van der Waals surface area contributed by atoms with Crippen molar-refractivity contribution in [3.63, 3.8) is 0 Å². The van der Waals surface area contributed by atoms with Crippen molar-refractivity contribution in [2.75, 3.05) is 26.2 Å². The first kappa shape index (κ1) is 19.8. The number of benzene rings is 1. The summed E-state index contributed by atoms with van der Waals surface area (Å²) in [5.74, 6) is -0.119. The van der Waals surface area contributed by atoms with Gasteiger partial charge in [0, 0.05) is 59.1 Å². The zero-order valence-electron chi connectivity index (χ0n) is 16.6. The summed E-state index contributed by atoms with van der Waals surface area (Å²) in [7, 11) is 3.01. The Morgan fingerprint density at radius 2 is 1.75 bits per heavy atom. The lowest BCUT2D eigenvalue weighted by Crippen LogP contribution is -2.47. The summed E-state index contributed by atoms with van der Waals surface area (Å²) in [6, 6.07) is 8.35. The van der Waals surface area contributed by atoms with Crippen LogP contribution in [0.25, 0.3) is 6.08 Å². The van der Waals surface area contributed by atoms with E-state index >= 15 is 0 Å². The smallest absolute Gasteiger partial charge is 0.330 e. The molecule has 3 rings (SSSR count). The molecule has 1 aromatic carbocycles. The van der Waals surface area contributed by atoms with Gasteiger partial charge < -0.3 is 9.47 Å². The fraction of sp³-hybridized carbons (Fsp3) is 0.381. The van der Waals surface area contributed by atoms with E-state index in [1.54, 1.807) is 11.9 Å². The average Bonchev–Trinajstić information content (AvgIpc) is 2.70. The van der Waals surface area contributed by atoms with Gasteiger partial charge in [-0.3, -0.25) is 19.1 Å². The van der Waals surface area contributed by atoms with Crippen LogP contribution in [0.3, 0.4) is 0 Å². The lowest BCUT2D eigenvalue weighted by Gasteiger charge is -2.34. The van der Waals surface area contributed by atoms with Gasteiger partial charge in [-0.1, -0.05) is 24.3 Å². The second kappa shape index (κ2) is 8.39. The highest BCUT2D eigenvalue weighted by Gasteiger charge is 2.20. The van der Waals surface area contributed by atoms with E-state index in [2.05, 4.69) is 30.0 Å². The quantitative estimate of drug-likeness (QED) is 0.732. The van der Waals surface area contributed by atoms with Crippen molar-refractivity contribution < 1.29 is 4.79 Å². The van der Waals surface area contributed by atoms with Crippen LogP contribution in [0.4, 0.5) is 0 Å². The molecule has 0 N–H and O–H groups in total. The number of nitrogens with zero attached hydrogens (tertiary/aromatic N) is 4. The summed E-state index contributed by atoms with van der Waals surface area (Å²) < 4.78 is 2.37. The lowest BCUT2D eigenvalue weighted by molar-refractivity contribution is -0.127. The number of carbonyl (C=O) groups excluding carboxylic acids is 1. The van der Waals surface area contributed by atoms with E-state index in [4.69, 9.17) is 0 Å². The number of aryl methyl sites for hydroxylation is 2. The van der Waals surface area contributed by atoms with Crippen molar-refractivity contribution >= 4 is 12.0 Å². The Morgan fingerprint density at radius 3 is 2.43 bits per heavy atom. The molecule has 28 heavy (non-hydrogen) atoms. The topological polar surface area (TPSA) is 67.5 Å². The Bertz CT molecular complexity index is 1010. The number of amides is 1. The van der Waals surface area contributed by atoms with Crippen LogP contribution >= 0.6 is 0 Å². The van der Waals surface area contributed by atoms with Crippen LogP contribution in [0.1, 0.15) is 16.7 Å². The second-order valence-corrected chi connectivity index (χ2v) is 7.20. The molecule has 0 spiro atoms. The molecule has 1 aliphatic heterocycles. The molecule has 148 valence electrons. The van der Waals surface area contributed by atoms with Crippen molar-refractivity contribution in [3.05, 3.63) is 74.1 Å². The zero-order chi connectivity index (χ0) is 20.3. The number of aromatic nitrogens is 2. The second-order valence-electron chi connectivity index (χ2n) is 7.20. The van der Waals surface area contributed by atoms with Gasteiger partial charge in [0.05, 0.1) is 5.56 Å². The Labute approximate surface area is 164 Å². The largest absolute Gasteiger partial charge is 0.337 e. The van der Waals surface area contributed by atoms with Crippen LogP contribution in [-0.2, 0) is 25.4 Å². The maximum absolute atomic E-state index is 12.5. The first-order chi connectivity index (χ1) is 13.4. The third-order valence-corrected chi connectivity index (χ3v) is 5.22. The van der Waals surface area contributed by atoms with Gasteiger partial charge in [0.2, 0.25) is 5.91 Å². The molecule has 1 amide bonds. The highest BCUT2D eigenvalue weighted by atomic mass is 16.2. The molecule has 2 aromatic rings. The molecule has 0 atom stereocenters. The van der Waals surface area contributed by atoms with Gasteiger partial charge >= 0.3 is 5.69 Å². The van der Waals surface area contributed by atoms with E-state index in [1.807, 2.05) is 6.07 Å². The van der Waals surface area contributed by atoms with E-state index in [9.17, 15) is 14.4 Å². The van der Waals surface area contributed by atoms with E-state index in [-0.39, 0.29) is 5.91 Å². The molecule has 2 heterocycles. The van der Waals surface area contributed by atoms with E-state index in [1.165, 1.54) is 41.1 Å². The maximum atomic E-state index is 12.5. The molecule has 7 heteroatoms. The molecule has 1 aromatic heterocycles. The highest BCUT2D eigenvalue weighted by molar-refractivity contribution is 5.91. The molecule has 1 aliphatic rings. The Balaban J connectivity index is 1.60. The average molecular weight is 382 g/mol. The molecule has 0 radical (unpaired) electrons. The molecule has 0 bridgehead atoms. The van der Waals surface area contributed by atoms with E-state index < -0.39 is 11.2 Å². The summed E-state index contributed by atoms with van der Waals surface area (Å²) in [5.41, 5.74) is 2.11. The van der Waals surface area contributed by atoms with Crippen LogP contribution in [0.5, 0.6) is 0 Å². The van der Waals surface area contributed by atoms with Crippen molar-refractivity contribution in [2.45, 2.75) is 13.5 Å². The van der Waals surface area contributed by atoms with E-state index in [0.717, 1.165) is 24.2 Å². The molecule has 1 saturated heterocycles. The Kier molecular flexibility index (Phi) is 5.94. The van der Waals surface area contributed by atoms with Gasteiger partial charge in [-0.2, -0.15) is 0 Å². The van der Waals surface area contributed by atoms with Crippen molar-refractivity contribution in [3.8, 4) is 0 Å². The predicted molar refractivity (Wildman–Crippen MR) is 109 cm³/mol. The minimum absolute atomic E-state index is 0.119. The summed E-state index contributed by atoms with van der Waals surface area (Å²) in [6.07, 6.45) is 4.36. The van der Waals surface area contributed by atoms with Gasteiger partial charge in [0.1, 0.15) is 0 Å². The number of hydrogen-bond acceptors (Lipinski definition) is 4. The summed E-state index contributed by atoms with van der Waals surface area (Å²) in [5, 5.41) is 0. The molecule has 0 saturated carbocycles. The number of hydrogen-bond donors (Lipinski definition) is 0. The molecular formula is C21H26N4O3. The Hall–Kier alpha value is -2.93. The lowest BCUT2D eigenvalue weighted by atomic mass is 10.1. The molecule has 1 fully saturated rings. The van der Waals surface area contributed by atoms with Crippen LogP contribution in [0, 0.1) is 6.92 Å². The maximum Gasteiger partial charge on any atom is 0.330 e. The van der Waals surface area contributed by atoms with Crippen LogP contribution in [0.15, 0.2) is 46.1 Å². The number of carbonyl (C=O) groups is 1. The summed E-state index contributed by atoms with van der Waals surface area (Å²) in [6.45, 7) is 5.94. The van der Waals surface area contributed by atoms with Gasteiger partial charge in [-0.05, 0) is 24.1 Å². The fourth-order valence-corrected chi connectivity index (χ4v) is 3.37. The van der Waals surface area contributed by atoms with Crippen molar-refractivity contribution in [1.29, 1.82) is 0 Å². The molecule has 0 unspecified atom stereocenters. The van der Waals surface area contributed by atoms with Crippen molar-refractivity contribution in [2.24, 2.45) is 14.1 Å². The molecule has 7 nitrogen and oxygen atoms in total. The van der Waals surface area contributed by atoms with E-state index in [0.29, 0.717) is 18.7 Å². The van der Waals surface area contributed by atoms with Crippen LogP contribution in [-0.4, -0.2) is 51.0 Å². The first-order valence-corrected chi connectivity index (χ1v) is 9.37. The van der Waals surface area contributed by atoms with Gasteiger partial charge in [-0.25, -0.2) is 4.79 Å². The third kappa shape index (κ3) is 4.31. The van der Waals surface area contributed by atoms with Gasteiger partial charge in [0.25, 0.3) is 5.56 Å². The number of piperazine rings is 1. The molecule has 0 aliphatic carbocycles. The third-order valence-electron chi connectivity index (χ3n) is 5.22. The fourth-order valence-electron chi connectivity index (χ4n) is 3.37. The van der Waals surface area contributed by atoms with Gasteiger partial charge in [0.15, 0.2) is 0 Å². The predicted octanol–water partition coefficient (Wildman–Crippen LogP) is 0.750. The highest BCUT2D eigenvalue weighted by Crippen LogP contribution is 2.12. The minimum Gasteiger partial charge on any atom is -0.337 e. The molecular weight excluding hydrogens is 356 g/mol.